The molecule has 0 saturated carbocycles. The van der Waals surface area contributed by atoms with Crippen molar-refractivity contribution in [2.24, 2.45) is 11.1 Å². The Bertz CT molecular complexity index is 493. The number of benzene rings is 1. The highest BCUT2D eigenvalue weighted by Gasteiger charge is 2.40. The number of methoxy groups -OCH3 is 1. The van der Waals surface area contributed by atoms with Gasteiger partial charge in [0.1, 0.15) is 5.75 Å². The number of carbonyl (C=O) groups excluding carboxylic acids is 1. The zero-order valence-electron chi connectivity index (χ0n) is 12.7. The molecule has 0 radical (unpaired) electrons. The van der Waals surface area contributed by atoms with Crippen LogP contribution in [0.1, 0.15) is 33.3 Å². The van der Waals surface area contributed by atoms with Crippen molar-refractivity contribution in [1.82, 2.24) is 5.32 Å². The Morgan fingerprint density at radius 2 is 1.95 bits per heavy atom. The van der Waals surface area contributed by atoms with Crippen molar-refractivity contribution in [3.05, 3.63) is 28.8 Å². The van der Waals surface area contributed by atoms with Crippen LogP contribution in [0.2, 0.25) is 5.02 Å². The summed E-state index contributed by atoms with van der Waals surface area (Å²) in [6.07, 6.45) is 0. The molecule has 0 saturated heterocycles. The molecular weight excluding hydrogens is 276 g/mol. The standard InChI is InChI=1S/C15H23ClN2O2/c1-14(2,15(3,4)17)13(19)18-9-10-11(16)7-6-8-12(10)20-5/h6-8H,9,17H2,1-5H3,(H,18,19). The van der Waals surface area contributed by atoms with Gasteiger partial charge in [0.2, 0.25) is 5.91 Å². The van der Waals surface area contributed by atoms with Crippen molar-refractivity contribution in [2.45, 2.75) is 39.8 Å². The second-order valence-electron chi connectivity index (χ2n) is 5.95. The van der Waals surface area contributed by atoms with Gasteiger partial charge in [-0.25, -0.2) is 0 Å². The fourth-order valence-electron chi connectivity index (χ4n) is 1.58. The lowest BCUT2D eigenvalue weighted by molar-refractivity contribution is -0.132. The van der Waals surface area contributed by atoms with Crippen LogP contribution in [-0.2, 0) is 11.3 Å². The summed E-state index contributed by atoms with van der Waals surface area (Å²) in [5.74, 6) is 0.537. The van der Waals surface area contributed by atoms with Gasteiger partial charge in [-0.2, -0.15) is 0 Å². The topological polar surface area (TPSA) is 64.3 Å². The first-order valence-corrected chi connectivity index (χ1v) is 6.87. The molecule has 0 bridgehead atoms. The fraction of sp³-hybridized carbons (Fsp3) is 0.533. The molecule has 3 N–H and O–H groups in total. The maximum absolute atomic E-state index is 12.3. The lowest BCUT2D eigenvalue weighted by atomic mass is 9.74. The fourth-order valence-corrected chi connectivity index (χ4v) is 1.82. The van der Waals surface area contributed by atoms with Crippen molar-refractivity contribution in [1.29, 1.82) is 0 Å². The molecule has 1 aromatic rings. The predicted molar refractivity (Wildman–Crippen MR) is 81.9 cm³/mol. The van der Waals surface area contributed by atoms with Gasteiger partial charge in [-0.3, -0.25) is 4.79 Å². The van der Waals surface area contributed by atoms with Crippen LogP contribution >= 0.6 is 11.6 Å². The molecule has 0 aliphatic heterocycles. The molecular formula is C15H23ClN2O2. The molecule has 0 aliphatic rings. The molecule has 4 nitrogen and oxygen atoms in total. The largest absolute Gasteiger partial charge is 0.496 e. The van der Waals surface area contributed by atoms with Crippen molar-refractivity contribution >= 4 is 17.5 Å². The Hall–Kier alpha value is -1.26. The minimum atomic E-state index is -0.693. The van der Waals surface area contributed by atoms with E-state index in [1.54, 1.807) is 19.2 Å². The number of ether oxygens (including phenoxy) is 1. The molecule has 1 rings (SSSR count). The number of carbonyl (C=O) groups is 1. The minimum absolute atomic E-state index is 0.119. The summed E-state index contributed by atoms with van der Waals surface area (Å²) in [6, 6.07) is 5.38. The third-order valence-corrected chi connectivity index (χ3v) is 4.25. The van der Waals surface area contributed by atoms with Gasteiger partial charge in [0.15, 0.2) is 0 Å². The average molecular weight is 299 g/mol. The van der Waals surface area contributed by atoms with Gasteiger partial charge in [0, 0.05) is 22.7 Å². The van der Waals surface area contributed by atoms with Crippen LogP contribution in [0.4, 0.5) is 0 Å². The summed E-state index contributed by atoms with van der Waals surface area (Å²) in [6.45, 7) is 7.63. The maximum atomic E-state index is 12.3. The van der Waals surface area contributed by atoms with Gasteiger partial charge in [-0.05, 0) is 39.8 Å². The summed E-state index contributed by atoms with van der Waals surface area (Å²) in [4.78, 5) is 12.3. The second-order valence-corrected chi connectivity index (χ2v) is 6.36. The third-order valence-electron chi connectivity index (χ3n) is 3.90. The number of amides is 1. The van der Waals surface area contributed by atoms with Crippen molar-refractivity contribution in [3.63, 3.8) is 0 Å². The van der Waals surface area contributed by atoms with E-state index in [-0.39, 0.29) is 5.91 Å². The number of halogens is 1. The molecule has 0 unspecified atom stereocenters. The first-order chi connectivity index (χ1) is 9.11. The average Bonchev–Trinajstić information content (AvgIpc) is 2.35. The highest BCUT2D eigenvalue weighted by Crippen LogP contribution is 2.30. The molecule has 20 heavy (non-hydrogen) atoms. The Labute approximate surface area is 125 Å². The second kappa shape index (κ2) is 6.02. The molecule has 0 aliphatic carbocycles. The Morgan fingerprint density at radius 3 is 2.45 bits per heavy atom. The molecule has 0 spiro atoms. The number of nitrogens with two attached hydrogens (primary N) is 1. The number of rotatable bonds is 5. The summed E-state index contributed by atoms with van der Waals surface area (Å²) < 4.78 is 5.25. The van der Waals surface area contributed by atoms with E-state index in [0.717, 1.165) is 5.56 Å². The van der Waals surface area contributed by atoms with Crippen LogP contribution in [0.25, 0.3) is 0 Å². The molecule has 0 fully saturated rings. The third kappa shape index (κ3) is 3.44. The number of hydrogen-bond donors (Lipinski definition) is 2. The molecule has 1 aromatic carbocycles. The number of nitrogens with one attached hydrogen (secondary N) is 1. The lowest BCUT2D eigenvalue weighted by Gasteiger charge is -2.37. The van der Waals surface area contributed by atoms with Crippen LogP contribution < -0.4 is 15.8 Å². The minimum Gasteiger partial charge on any atom is -0.496 e. The van der Waals surface area contributed by atoms with E-state index < -0.39 is 11.0 Å². The Kier molecular flexibility index (Phi) is 5.05. The van der Waals surface area contributed by atoms with E-state index in [1.807, 2.05) is 33.8 Å². The van der Waals surface area contributed by atoms with Gasteiger partial charge in [-0.1, -0.05) is 17.7 Å². The van der Waals surface area contributed by atoms with Crippen LogP contribution in [0, 0.1) is 5.41 Å². The van der Waals surface area contributed by atoms with Crippen molar-refractivity contribution in [2.75, 3.05) is 7.11 Å². The van der Waals surface area contributed by atoms with Crippen molar-refractivity contribution in [3.8, 4) is 5.75 Å². The van der Waals surface area contributed by atoms with Gasteiger partial charge >= 0.3 is 0 Å². The molecule has 0 heterocycles. The summed E-state index contributed by atoms with van der Waals surface area (Å²) in [7, 11) is 1.57. The van der Waals surface area contributed by atoms with E-state index in [2.05, 4.69) is 5.32 Å². The van der Waals surface area contributed by atoms with E-state index >= 15 is 0 Å². The summed E-state index contributed by atoms with van der Waals surface area (Å²) >= 11 is 6.14. The van der Waals surface area contributed by atoms with Gasteiger partial charge in [0.25, 0.3) is 0 Å². The van der Waals surface area contributed by atoms with Crippen LogP contribution in [0.5, 0.6) is 5.75 Å². The molecule has 0 aromatic heterocycles. The molecule has 1 amide bonds. The smallest absolute Gasteiger partial charge is 0.227 e. The van der Waals surface area contributed by atoms with E-state index in [1.165, 1.54) is 0 Å². The Morgan fingerprint density at radius 1 is 1.35 bits per heavy atom. The highest BCUT2D eigenvalue weighted by molar-refractivity contribution is 6.31. The van der Waals surface area contributed by atoms with E-state index in [0.29, 0.717) is 17.3 Å². The summed E-state index contributed by atoms with van der Waals surface area (Å²) in [5.41, 5.74) is 5.50. The van der Waals surface area contributed by atoms with E-state index in [9.17, 15) is 4.79 Å². The monoisotopic (exact) mass is 298 g/mol. The van der Waals surface area contributed by atoms with Crippen LogP contribution in [0.3, 0.4) is 0 Å². The molecule has 5 heteroatoms. The van der Waals surface area contributed by atoms with Crippen LogP contribution in [0.15, 0.2) is 18.2 Å². The first kappa shape index (κ1) is 16.8. The van der Waals surface area contributed by atoms with Gasteiger partial charge in [-0.15, -0.1) is 0 Å². The highest BCUT2D eigenvalue weighted by atomic mass is 35.5. The van der Waals surface area contributed by atoms with Crippen molar-refractivity contribution < 1.29 is 9.53 Å². The zero-order chi connectivity index (χ0) is 15.6. The molecule has 0 atom stereocenters. The maximum Gasteiger partial charge on any atom is 0.227 e. The number of hydrogen-bond acceptors (Lipinski definition) is 3. The van der Waals surface area contributed by atoms with E-state index in [4.69, 9.17) is 22.1 Å². The normalized spacial score (nSPS) is 12.2. The van der Waals surface area contributed by atoms with Crippen LogP contribution in [-0.4, -0.2) is 18.6 Å². The predicted octanol–water partition coefficient (Wildman–Crippen LogP) is 2.73. The quantitative estimate of drug-likeness (QED) is 0.878. The van der Waals surface area contributed by atoms with Gasteiger partial charge in [0.05, 0.1) is 12.5 Å². The summed E-state index contributed by atoms with van der Waals surface area (Å²) in [5, 5.41) is 3.44. The van der Waals surface area contributed by atoms with Gasteiger partial charge < -0.3 is 15.8 Å². The SMILES string of the molecule is COc1cccc(Cl)c1CNC(=O)C(C)(C)C(C)(C)N. The zero-order valence-corrected chi connectivity index (χ0v) is 13.5. The lowest BCUT2D eigenvalue weighted by Crippen LogP contribution is -2.55. The first-order valence-electron chi connectivity index (χ1n) is 6.50. The Balaban J connectivity index is 2.86. The molecule has 112 valence electrons.